The number of hydrogen-bond acceptors (Lipinski definition) is 6. The third-order valence-electron chi connectivity index (χ3n) is 5.28. The van der Waals surface area contributed by atoms with Gasteiger partial charge in [0.15, 0.2) is 0 Å². The molecule has 0 spiro atoms. The van der Waals surface area contributed by atoms with Crippen molar-refractivity contribution in [2.45, 2.75) is 38.0 Å². The summed E-state index contributed by atoms with van der Waals surface area (Å²) in [5.41, 5.74) is 1.68. The van der Waals surface area contributed by atoms with Gasteiger partial charge in [0.05, 0.1) is 7.11 Å². The minimum absolute atomic E-state index is 0.0806. The van der Waals surface area contributed by atoms with Crippen LogP contribution in [0.4, 0.5) is 0 Å². The minimum atomic E-state index is -1.02. The average molecular weight is 438 g/mol. The molecule has 8 heteroatoms. The van der Waals surface area contributed by atoms with Gasteiger partial charge in [-0.15, -0.1) is 0 Å². The SMILES string of the molecule is COC(=O)C(=O)N1CCC[C@H]1C(=O)N[C@@H](Cc1ccccc1)C(=O)OCc1ccccc1. The smallest absolute Gasteiger partial charge is 0.396 e. The van der Waals surface area contributed by atoms with Crippen molar-refractivity contribution in [2.75, 3.05) is 13.7 Å². The molecule has 2 aromatic rings. The number of nitrogens with one attached hydrogen (secondary N) is 1. The lowest BCUT2D eigenvalue weighted by Gasteiger charge is -2.25. The Labute approximate surface area is 186 Å². The highest BCUT2D eigenvalue weighted by molar-refractivity contribution is 6.32. The van der Waals surface area contributed by atoms with Crippen LogP contribution in [0.3, 0.4) is 0 Å². The molecule has 1 heterocycles. The summed E-state index contributed by atoms with van der Waals surface area (Å²) in [4.78, 5) is 50.9. The number of hydrogen-bond donors (Lipinski definition) is 1. The molecule has 1 saturated heterocycles. The van der Waals surface area contributed by atoms with Gasteiger partial charge >= 0.3 is 17.8 Å². The van der Waals surface area contributed by atoms with E-state index in [-0.39, 0.29) is 19.6 Å². The van der Waals surface area contributed by atoms with E-state index in [4.69, 9.17) is 4.74 Å². The Morgan fingerprint density at radius 1 is 1.00 bits per heavy atom. The van der Waals surface area contributed by atoms with Crippen LogP contribution >= 0.6 is 0 Å². The lowest BCUT2D eigenvalue weighted by Crippen LogP contribution is -2.53. The topological polar surface area (TPSA) is 102 Å². The van der Waals surface area contributed by atoms with Crippen molar-refractivity contribution in [2.24, 2.45) is 0 Å². The van der Waals surface area contributed by atoms with Crippen LogP contribution in [0, 0.1) is 0 Å². The minimum Gasteiger partial charge on any atom is -0.462 e. The molecule has 0 saturated carbocycles. The highest BCUT2D eigenvalue weighted by Gasteiger charge is 2.38. The molecule has 32 heavy (non-hydrogen) atoms. The Hall–Kier alpha value is -3.68. The molecule has 0 bridgehead atoms. The number of esters is 2. The molecule has 1 fully saturated rings. The second kappa shape index (κ2) is 11.1. The lowest BCUT2D eigenvalue weighted by atomic mass is 10.1. The fraction of sp³-hybridized carbons (Fsp3) is 0.333. The maximum absolute atomic E-state index is 13.0. The number of likely N-dealkylation sites (tertiary alicyclic amines) is 1. The predicted molar refractivity (Wildman–Crippen MR) is 115 cm³/mol. The molecule has 0 aromatic heterocycles. The number of rotatable bonds is 7. The van der Waals surface area contributed by atoms with Crippen LogP contribution in [0.15, 0.2) is 60.7 Å². The van der Waals surface area contributed by atoms with E-state index in [1.165, 1.54) is 4.90 Å². The molecule has 1 aliphatic heterocycles. The number of nitrogens with zero attached hydrogens (tertiary/aromatic N) is 1. The molecule has 2 atom stereocenters. The summed E-state index contributed by atoms with van der Waals surface area (Å²) >= 11 is 0. The maximum atomic E-state index is 13.0. The van der Waals surface area contributed by atoms with Crippen LogP contribution in [0.2, 0.25) is 0 Å². The van der Waals surface area contributed by atoms with Crippen LogP contribution in [0.1, 0.15) is 24.0 Å². The van der Waals surface area contributed by atoms with E-state index in [9.17, 15) is 19.2 Å². The van der Waals surface area contributed by atoms with Crippen molar-refractivity contribution in [1.29, 1.82) is 0 Å². The Balaban J connectivity index is 1.71. The molecule has 0 radical (unpaired) electrons. The molecule has 0 aliphatic carbocycles. The average Bonchev–Trinajstić information content (AvgIpc) is 3.32. The van der Waals surface area contributed by atoms with Crippen molar-refractivity contribution < 1.29 is 28.7 Å². The molecule has 2 aromatic carbocycles. The Kier molecular flexibility index (Phi) is 7.96. The van der Waals surface area contributed by atoms with Crippen LogP contribution < -0.4 is 5.32 Å². The number of carbonyl (C=O) groups is 4. The van der Waals surface area contributed by atoms with E-state index in [0.717, 1.165) is 18.2 Å². The van der Waals surface area contributed by atoms with Crippen molar-refractivity contribution in [1.82, 2.24) is 10.2 Å². The van der Waals surface area contributed by atoms with E-state index in [0.29, 0.717) is 12.8 Å². The van der Waals surface area contributed by atoms with Gasteiger partial charge in [-0.05, 0) is 24.0 Å². The highest BCUT2D eigenvalue weighted by atomic mass is 16.5. The van der Waals surface area contributed by atoms with Crippen molar-refractivity contribution >= 4 is 23.8 Å². The maximum Gasteiger partial charge on any atom is 0.396 e. The molecule has 2 amide bonds. The van der Waals surface area contributed by atoms with Crippen molar-refractivity contribution in [3.8, 4) is 0 Å². The summed E-state index contributed by atoms with van der Waals surface area (Å²) in [5, 5.41) is 2.73. The Morgan fingerprint density at radius 3 is 2.25 bits per heavy atom. The zero-order chi connectivity index (χ0) is 22.9. The predicted octanol–water partition coefficient (Wildman–Crippen LogP) is 1.62. The first-order valence-electron chi connectivity index (χ1n) is 10.4. The first-order valence-corrected chi connectivity index (χ1v) is 10.4. The summed E-state index contributed by atoms with van der Waals surface area (Å²) < 4.78 is 9.94. The summed E-state index contributed by atoms with van der Waals surface area (Å²) in [6.45, 7) is 0.352. The molecular formula is C24H26N2O6. The number of carbonyl (C=O) groups excluding carboxylic acids is 4. The molecule has 1 N–H and O–H groups in total. The van der Waals surface area contributed by atoms with Gasteiger partial charge in [-0.25, -0.2) is 9.59 Å². The standard InChI is InChI=1S/C24H26N2O6/c1-31-24(30)22(28)26-14-8-13-20(26)21(27)25-19(15-17-9-4-2-5-10-17)23(29)32-16-18-11-6-3-7-12-18/h2-7,9-12,19-20H,8,13-16H2,1H3,(H,25,27)/t19-,20-/m0/s1. The molecule has 8 nitrogen and oxygen atoms in total. The molecule has 1 aliphatic rings. The van der Waals surface area contributed by atoms with Gasteiger partial charge < -0.3 is 19.7 Å². The van der Waals surface area contributed by atoms with E-state index in [1.807, 2.05) is 60.7 Å². The fourth-order valence-electron chi connectivity index (χ4n) is 3.63. The molecule has 0 unspecified atom stereocenters. The number of ether oxygens (including phenoxy) is 2. The van der Waals surface area contributed by atoms with Crippen LogP contribution in [0.25, 0.3) is 0 Å². The lowest BCUT2D eigenvalue weighted by molar-refractivity contribution is -0.159. The molecule has 3 rings (SSSR count). The first-order chi connectivity index (χ1) is 15.5. The van der Waals surface area contributed by atoms with Crippen LogP contribution in [-0.2, 0) is 41.7 Å². The summed E-state index contributed by atoms with van der Waals surface area (Å²) in [6.07, 6.45) is 1.20. The van der Waals surface area contributed by atoms with Gasteiger partial charge in [0, 0.05) is 13.0 Å². The summed E-state index contributed by atoms with van der Waals surface area (Å²) in [6, 6.07) is 16.7. The largest absolute Gasteiger partial charge is 0.462 e. The second-order valence-corrected chi connectivity index (χ2v) is 7.49. The quantitative estimate of drug-likeness (QED) is 0.521. The van der Waals surface area contributed by atoms with Crippen LogP contribution in [0.5, 0.6) is 0 Å². The van der Waals surface area contributed by atoms with Gasteiger partial charge in [-0.3, -0.25) is 9.59 Å². The molecular weight excluding hydrogens is 412 g/mol. The molecule has 168 valence electrons. The number of benzene rings is 2. The summed E-state index contributed by atoms with van der Waals surface area (Å²) in [5.74, 6) is -2.96. The normalized spacial score (nSPS) is 16.2. The van der Waals surface area contributed by atoms with Crippen molar-refractivity contribution in [3.05, 3.63) is 71.8 Å². The Bertz CT molecular complexity index is 947. The van der Waals surface area contributed by atoms with E-state index >= 15 is 0 Å². The van der Waals surface area contributed by atoms with Gasteiger partial charge in [0.2, 0.25) is 5.91 Å². The number of methoxy groups -OCH3 is 1. The zero-order valence-electron chi connectivity index (χ0n) is 17.9. The van der Waals surface area contributed by atoms with Gasteiger partial charge in [-0.1, -0.05) is 60.7 Å². The fourth-order valence-corrected chi connectivity index (χ4v) is 3.63. The third kappa shape index (κ3) is 5.94. The third-order valence-corrected chi connectivity index (χ3v) is 5.28. The van der Waals surface area contributed by atoms with Crippen molar-refractivity contribution in [3.63, 3.8) is 0 Å². The Morgan fingerprint density at radius 2 is 1.62 bits per heavy atom. The van der Waals surface area contributed by atoms with E-state index in [2.05, 4.69) is 10.1 Å². The second-order valence-electron chi connectivity index (χ2n) is 7.49. The zero-order valence-corrected chi connectivity index (χ0v) is 17.9. The number of amides is 2. The van der Waals surface area contributed by atoms with E-state index in [1.54, 1.807) is 0 Å². The van der Waals surface area contributed by atoms with Gasteiger partial charge in [0.25, 0.3) is 0 Å². The summed E-state index contributed by atoms with van der Waals surface area (Å²) in [7, 11) is 1.12. The monoisotopic (exact) mass is 438 g/mol. The van der Waals surface area contributed by atoms with Gasteiger partial charge in [0.1, 0.15) is 18.7 Å². The first kappa shape index (κ1) is 23.0. The van der Waals surface area contributed by atoms with E-state index < -0.39 is 35.8 Å². The van der Waals surface area contributed by atoms with Crippen LogP contribution in [-0.4, -0.2) is 54.4 Å². The highest BCUT2D eigenvalue weighted by Crippen LogP contribution is 2.19. The van der Waals surface area contributed by atoms with Gasteiger partial charge in [-0.2, -0.15) is 0 Å².